The minimum atomic E-state index is -0.911. The van der Waals surface area contributed by atoms with Crippen molar-refractivity contribution in [2.75, 3.05) is 6.61 Å². The molecule has 156 valence electrons. The molecule has 0 saturated carbocycles. The quantitative estimate of drug-likeness (QED) is 0.343. The molecule has 1 saturated heterocycles. The van der Waals surface area contributed by atoms with Crippen molar-refractivity contribution in [1.29, 1.82) is 0 Å². The number of nitrogens with zero attached hydrogens (tertiary/aromatic N) is 1. The molecular formula is C23H23NO4S2. The molecule has 7 heteroatoms. The van der Waals surface area contributed by atoms with Gasteiger partial charge in [-0.25, -0.2) is 4.79 Å². The topological polar surface area (TPSA) is 55.8 Å². The normalized spacial score (nSPS) is 16.3. The summed E-state index contributed by atoms with van der Waals surface area (Å²) in [5.74, 6) is -0.0491. The Kier molecular flexibility index (Phi) is 7.29. The van der Waals surface area contributed by atoms with Gasteiger partial charge in [-0.15, -0.1) is 0 Å². The Morgan fingerprint density at radius 2 is 1.80 bits per heavy atom. The molecule has 0 bridgehead atoms. The van der Waals surface area contributed by atoms with Gasteiger partial charge in [0.15, 0.2) is 6.04 Å². The van der Waals surface area contributed by atoms with Crippen molar-refractivity contribution in [2.24, 2.45) is 0 Å². The monoisotopic (exact) mass is 441 g/mol. The summed E-state index contributed by atoms with van der Waals surface area (Å²) in [7, 11) is 0. The van der Waals surface area contributed by atoms with Crippen LogP contribution in [-0.2, 0) is 14.3 Å². The van der Waals surface area contributed by atoms with Gasteiger partial charge in [-0.05, 0) is 50.1 Å². The van der Waals surface area contributed by atoms with E-state index in [2.05, 4.69) is 0 Å². The zero-order valence-electron chi connectivity index (χ0n) is 17.0. The average molecular weight is 442 g/mol. The highest BCUT2D eigenvalue weighted by Gasteiger charge is 2.42. The number of thiocarbonyl (C=S) groups is 1. The molecule has 0 spiro atoms. The fraction of sp³-hybridized carbons (Fsp3) is 0.261. The molecule has 1 amide bonds. The van der Waals surface area contributed by atoms with Gasteiger partial charge in [0.1, 0.15) is 10.1 Å². The van der Waals surface area contributed by atoms with E-state index in [0.29, 0.717) is 14.8 Å². The maximum absolute atomic E-state index is 13.2. The van der Waals surface area contributed by atoms with Gasteiger partial charge < -0.3 is 9.47 Å². The van der Waals surface area contributed by atoms with Gasteiger partial charge in [0.05, 0.1) is 17.6 Å². The van der Waals surface area contributed by atoms with Gasteiger partial charge in [-0.1, -0.05) is 66.4 Å². The van der Waals surface area contributed by atoms with E-state index >= 15 is 0 Å². The molecular weight excluding hydrogens is 418 g/mol. The summed E-state index contributed by atoms with van der Waals surface area (Å²) >= 11 is 6.64. The predicted octanol–water partition coefficient (Wildman–Crippen LogP) is 4.98. The lowest BCUT2D eigenvalue weighted by Gasteiger charge is -2.25. The number of esters is 1. The SMILES string of the molecule is CCOC(=O)C(c1ccccc1)N1C(=O)/C(=C/c2ccc(OC(C)C)cc2)SC1=S. The summed E-state index contributed by atoms with van der Waals surface area (Å²) < 4.78 is 11.2. The molecule has 1 aliphatic rings. The standard InChI is InChI=1S/C23H23NO4S2/c1-4-27-22(26)20(17-8-6-5-7-9-17)24-21(25)19(30-23(24)29)14-16-10-12-18(13-11-16)28-15(2)3/h5-15,20H,4H2,1-3H3/b19-14-. The second-order valence-electron chi connectivity index (χ2n) is 6.85. The van der Waals surface area contributed by atoms with Crippen molar-refractivity contribution in [3.63, 3.8) is 0 Å². The number of ether oxygens (including phenoxy) is 2. The smallest absolute Gasteiger partial charge is 0.333 e. The van der Waals surface area contributed by atoms with Crippen LogP contribution in [0, 0.1) is 0 Å². The van der Waals surface area contributed by atoms with Crippen LogP contribution in [0.1, 0.15) is 37.9 Å². The van der Waals surface area contributed by atoms with Gasteiger partial charge in [-0.3, -0.25) is 9.69 Å². The lowest BCUT2D eigenvalue weighted by molar-refractivity contribution is -0.151. The maximum atomic E-state index is 13.2. The van der Waals surface area contributed by atoms with Crippen molar-refractivity contribution in [3.8, 4) is 5.75 Å². The van der Waals surface area contributed by atoms with Crippen LogP contribution in [0.25, 0.3) is 6.08 Å². The minimum Gasteiger partial charge on any atom is -0.491 e. The molecule has 2 aromatic rings. The first-order valence-electron chi connectivity index (χ1n) is 9.66. The van der Waals surface area contributed by atoms with E-state index in [4.69, 9.17) is 21.7 Å². The molecule has 1 aliphatic heterocycles. The summed E-state index contributed by atoms with van der Waals surface area (Å²) in [6.45, 7) is 5.88. The fourth-order valence-corrected chi connectivity index (χ4v) is 4.33. The third-order valence-corrected chi connectivity index (χ3v) is 5.59. The number of carbonyl (C=O) groups excluding carboxylic acids is 2. The molecule has 30 heavy (non-hydrogen) atoms. The van der Waals surface area contributed by atoms with Crippen LogP contribution in [-0.4, -0.2) is 33.8 Å². The number of thioether (sulfide) groups is 1. The van der Waals surface area contributed by atoms with Crippen molar-refractivity contribution in [1.82, 2.24) is 4.90 Å². The molecule has 1 heterocycles. The maximum Gasteiger partial charge on any atom is 0.333 e. The van der Waals surface area contributed by atoms with Crippen LogP contribution >= 0.6 is 24.0 Å². The largest absolute Gasteiger partial charge is 0.491 e. The lowest BCUT2D eigenvalue weighted by Crippen LogP contribution is -2.38. The van der Waals surface area contributed by atoms with E-state index in [1.165, 1.54) is 16.7 Å². The molecule has 1 unspecified atom stereocenters. The van der Waals surface area contributed by atoms with E-state index < -0.39 is 12.0 Å². The Hall–Kier alpha value is -2.64. The highest BCUT2D eigenvalue weighted by molar-refractivity contribution is 8.26. The Morgan fingerprint density at radius 1 is 1.13 bits per heavy atom. The Labute approximate surface area is 186 Å². The Balaban J connectivity index is 1.88. The summed E-state index contributed by atoms with van der Waals surface area (Å²) in [4.78, 5) is 27.7. The Bertz CT molecular complexity index is 955. The first kappa shape index (κ1) is 22.1. The molecule has 1 atom stereocenters. The third-order valence-electron chi connectivity index (χ3n) is 4.26. The van der Waals surface area contributed by atoms with Crippen LogP contribution in [0.15, 0.2) is 59.5 Å². The number of hydrogen-bond acceptors (Lipinski definition) is 6. The summed E-state index contributed by atoms with van der Waals surface area (Å²) in [6, 6.07) is 15.6. The average Bonchev–Trinajstić information content (AvgIpc) is 2.98. The molecule has 1 fully saturated rings. The van der Waals surface area contributed by atoms with Crippen molar-refractivity contribution < 1.29 is 19.1 Å². The number of carbonyl (C=O) groups is 2. The van der Waals surface area contributed by atoms with Gasteiger partial charge >= 0.3 is 5.97 Å². The van der Waals surface area contributed by atoms with Gasteiger partial charge in [0.2, 0.25) is 0 Å². The molecule has 5 nitrogen and oxygen atoms in total. The van der Waals surface area contributed by atoms with Gasteiger partial charge in [0, 0.05) is 0 Å². The second kappa shape index (κ2) is 9.91. The molecule has 2 aromatic carbocycles. The molecule has 3 rings (SSSR count). The molecule has 0 aliphatic carbocycles. The highest BCUT2D eigenvalue weighted by Crippen LogP contribution is 2.38. The molecule has 0 N–H and O–H groups in total. The number of hydrogen-bond donors (Lipinski definition) is 0. The number of rotatable bonds is 7. The highest BCUT2D eigenvalue weighted by atomic mass is 32.2. The fourth-order valence-electron chi connectivity index (χ4n) is 3.02. The third kappa shape index (κ3) is 5.09. The van der Waals surface area contributed by atoms with Gasteiger partial charge in [0.25, 0.3) is 5.91 Å². The predicted molar refractivity (Wildman–Crippen MR) is 123 cm³/mol. The van der Waals surface area contributed by atoms with Crippen molar-refractivity contribution >= 4 is 46.3 Å². The number of amides is 1. The summed E-state index contributed by atoms with van der Waals surface area (Å²) in [5, 5.41) is 0. The van der Waals surface area contributed by atoms with Crippen LogP contribution in [0.2, 0.25) is 0 Å². The van der Waals surface area contributed by atoms with E-state index in [-0.39, 0.29) is 18.6 Å². The van der Waals surface area contributed by atoms with Crippen LogP contribution < -0.4 is 4.74 Å². The van der Waals surface area contributed by atoms with Crippen molar-refractivity contribution in [3.05, 3.63) is 70.6 Å². The molecule has 0 radical (unpaired) electrons. The second-order valence-corrected chi connectivity index (χ2v) is 8.53. The summed E-state index contributed by atoms with van der Waals surface area (Å²) in [6.07, 6.45) is 1.86. The molecule has 0 aromatic heterocycles. The van der Waals surface area contributed by atoms with E-state index in [1.54, 1.807) is 25.1 Å². The first-order chi connectivity index (χ1) is 14.4. The van der Waals surface area contributed by atoms with Gasteiger partial charge in [-0.2, -0.15) is 0 Å². The van der Waals surface area contributed by atoms with Crippen molar-refractivity contribution in [2.45, 2.75) is 32.9 Å². The first-order valence-corrected chi connectivity index (χ1v) is 10.9. The zero-order chi connectivity index (χ0) is 21.7. The van der Waals surface area contributed by atoms with Crippen LogP contribution in [0.4, 0.5) is 0 Å². The lowest BCUT2D eigenvalue weighted by atomic mass is 10.1. The van der Waals surface area contributed by atoms with E-state index in [0.717, 1.165) is 11.3 Å². The summed E-state index contributed by atoms with van der Waals surface area (Å²) in [5.41, 5.74) is 1.50. The van der Waals surface area contributed by atoms with E-state index in [1.807, 2.05) is 56.3 Å². The van der Waals surface area contributed by atoms with Crippen LogP contribution in [0.3, 0.4) is 0 Å². The Morgan fingerprint density at radius 3 is 2.40 bits per heavy atom. The minimum absolute atomic E-state index is 0.0879. The van der Waals surface area contributed by atoms with E-state index in [9.17, 15) is 9.59 Å². The zero-order valence-corrected chi connectivity index (χ0v) is 18.7. The van der Waals surface area contributed by atoms with Crippen LogP contribution in [0.5, 0.6) is 5.75 Å². The number of benzene rings is 2.